The predicted octanol–water partition coefficient (Wildman–Crippen LogP) is 4.13. The van der Waals surface area contributed by atoms with Crippen LogP contribution in [0.5, 0.6) is 0 Å². The zero-order valence-corrected chi connectivity index (χ0v) is 15.9. The Hall–Kier alpha value is -2.35. The third-order valence-electron chi connectivity index (χ3n) is 3.48. The number of hydrogen-bond acceptors (Lipinski definition) is 4. The zero-order valence-electron chi connectivity index (χ0n) is 13.5. The highest BCUT2D eigenvalue weighted by molar-refractivity contribution is 7.94. The Balaban J connectivity index is 1.69. The van der Waals surface area contributed by atoms with Gasteiger partial charge in [-0.05, 0) is 47.3 Å². The molecule has 2 aromatic carbocycles. The lowest BCUT2D eigenvalue weighted by Crippen LogP contribution is -2.23. The lowest BCUT2D eigenvalue weighted by Gasteiger charge is -2.09. The summed E-state index contributed by atoms with van der Waals surface area (Å²) in [6.07, 6.45) is 0. The van der Waals surface area contributed by atoms with Crippen LogP contribution in [0.2, 0.25) is 5.02 Å². The molecule has 5 nitrogen and oxygen atoms in total. The van der Waals surface area contributed by atoms with E-state index in [0.717, 1.165) is 16.9 Å². The number of halogens is 1. The number of anilines is 1. The number of benzene rings is 2. The van der Waals surface area contributed by atoms with Crippen molar-refractivity contribution < 1.29 is 13.2 Å². The maximum Gasteiger partial charge on any atom is 0.271 e. The highest BCUT2D eigenvalue weighted by Gasteiger charge is 2.16. The Bertz CT molecular complexity index is 1020. The second-order valence-corrected chi connectivity index (χ2v) is 8.72. The van der Waals surface area contributed by atoms with Crippen molar-refractivity contribution in [2.75, 3.05) is 4.72 Å². The van der Waals surface area contributed by atoms with Gasteiger partial charge in [-0.15, -0.1) is 11.3 Å². The third-order valence-corrected chi connectivity index (χ3v) is 6.49. The first-order valence-corrected chi connectivity index (χ1v) is 10.4. The summed E-state index contributed by atoms with van der Waals surface area (Å²) < 4.78 is 27.2. The number of amides is 1. The van der Waals surface area contributed by atoms with Crippen molar-refractivity contribution in [3.63, 3.8) is 0 Å². The fourth-order valence-electron chi connectivity index (χ4n) is 2.28. The van der Waals surface area contributed by atoms with Gasteiger partial charge < -0.3 is 5.32 Å². The van der Waals surface area contributed by atoms with Crippen molar-refractivity contribution in [1.29, 1.82) is 0 Å². The van der Waals surface area contributed by atoms with E-state index < -0.39 is 10.0 Å². The van der Waals surface area contributed by atoms with Crippen LogP contribution in [0.25, 0.3) is 0 Å². The largest absolute Gasteiger partial charge is 0.348 e. The van der Waals surface area contributed by atoms with Crippen molar-refractivity contribution in [2.24, 2.45) is 0 Å². The van der Waals surface area contributed by atoms with Gasteiger partial charge in [0.05, 0.1) is 0 Å². The summed E-state index contributed by atoms with van der Waals surface area (Å²) in [6, 6.07) is 16.7. The van der Waals surface area contributed by atoms with Gasteiger partial charge in [0.15, 0.2) is 0 Å². The Morgan fingerprint density at radius 3 is 2.58 bits per heavy atom. The first kappa shape index (κ1) is 18.4. The minimum Gasteiger partial charge on any atom is -0.348 e. The van der Waals surface area contributed by atoms with Gasteiger partial charge in [0.25, 0.3) is 15.9 Å². The van der Waals surface area contributed by atoms with Crippen LogP contribution in [-0.4, -0.2) is 14.3 Å². The summed E-state index contributed by atoms with van der Waals surface area (Å²) in [5, 5.41) is 5.07. The van der Waals surface area contributed by atoms with Gasteiger partial charge in [0.1, 0.15) is 4.21 Å². The Morgan fingerprint density at radius 2 is 1.85 bits per heavy atom. The molecule has 0 spiro atoms. The first-order valence-electron chi connectivity index (χ1n) is 7.63. The molecule has 1 aromatic heterocycles. The van der Waals surface area contributed by atoms with Crippen LogP contribution in [-0.2, 0) is 16.6 Å². The molecule has 1 amide bonds. The fourth-order valence-corrected chi connectivity index (χ4v) is 4.53. The highest BCUT2D eigenvalue weighted by Crippen LogP contribution is 2.21. The molecule has 3 rings (SSSR count). The molecule has 0 saturated carbocycles. The van der Waals surface area contributed by atoms with E-state index in [1.807, 2.05) is 12.1 Å². The van der Waals surface area contributed by atoms with E-state index >= 15 is 0 Å². The van der Waals surface area contributed by atoms with Gasteiger partial charge in [-0.25, -0.2) is 8.42 Å². The molecular weight excluding hydrogens is 392 g/mol. The molecule has 134 valence electrons. The van der Waals surface area contributed by atoms with Gasteiger partial charge >= 0.3 is 0 Å². The van der Waals surface area contributed by atoms with E-state index in [0.29, 0.717) is 22.8 Å². The number of hydrogen-bond donors (Lipinski definition) is 2. The molecule has 3 aromatic rings. The number of rotatable bonds is 6. The molecule has 0 bridgehead atoms. The van der Waals surface area contributed by atoms with E-state index in [1.165, 1.54) is 12.1 Å². The van der Waals surface area contributed by atoms with Crippen LogP contribution in [0.15, 0.2) is 70.3 Å². The van der Waals surface area contributed by atoms with Crippen LogP contribution >= 0.6 is 22.9 Å². The van der Waals surface area contributed by atoms with Gasteiger partial charge in [0.2, 0.25) is 0 Å². The molecule has 0 aliphatic heterocycles. The third kappa shape index (κ3) is 4.63. The maximum absolute atomic E-state index is 12.3. The van der Waals surface area contributed by atoms with Crippen molar-refractivity contribution in [3.8, 4) is 0 Å². The van der Waals surface area contributed by atoms with Crippen molar-refractivity contribution in [1.82, 2.24) is 5.32 Å². The van der Waals surface area contributed by atoms with E-state index in [-0.39, 0.29) is 10.1 Å². The molecule has 0 saturated heterocycles. The molecule has 0 atom stereocenters. The van der Waals surface area contributed by atoms with Gasteiger partial charge in [-0.2, -0.15) is 0 Å². The van der Waals surface area contributed by atoms with Crippen molar-refractivity contribution in [3.05, 3.63) is 82.2 Å². The Morgan fingerprint density at radius 1 is 1.04 bits per heavy atom. The number of nitrogens with one attached hydrogen (secondary N) is 2. The topological polar surface area (TPSA) is 75.3 Å². The average molecular weight is 407 g/mol. The first-order chi connectivity index (χ1) is 12.4. The molecule has 0 aliphatic rings. The smallest absolute Gasteiger partial charge is 0.271 e. The number of sulfonamides is 1. The highest BCUT2D eigenvalue weighted by atomic mass is 35.5. The normalized spacial score (nSPS) is 11.1. The average Bonchev–Trinajstić information content (AvgIpc) is 3.15. The summed E-state index contributed by atoms with van der Waals surface area (Å²) in [7, 11) is -3.65. The van der Waals surface area contributed by atoms with Gasteiger partial charge in [-0.3, -0.25) is 9.52 Å². The SMILES string of the molecule is O=C(NCc1cccc(Cl)c1)c1cccc(NS(=O)(=O)c2cccs2)c1. The van der Waals surface area contributed by atoms with Crippen LogP contribution < -0.4 is 10.0 Å². The standard InChI is InChI=1S/C18H15ClN2O3S2/c19-15-6-1-4-13(10-15)12-20-18(22)14-5-2-7-16(11-14)21-26(23,24)17-8-3-9-25-17/h1-11,21H,12H2,(H,20,22). The molecule has 0 unspecified atom stereocenters. The monoisotopic (exact) mass is 406 g/mol. The van der Waals surface area contributed by atoms with Crippen LogP contribution in [0.3, 0.4) is 0 Å². The fraction of sp³-hybridized carbons (Fsp3) is 0.0556. The van der Waals surface area contributed by atoms with Crippen LogP contribution in [0, 0.1) is 0 Å². The second-order valence-electron chi connectivity index (χ2n) is 5.43. The number of thiophene rings is 1. The Labute approximate surface area is 160 Å². The predicted molar refractivity (Wildman–Crippen MR) is 104 cm³/mol. The van der Waals surface area contributed by atoms with Gasteiger partial charge in [0, 0.05) is 22.8 Å². The van der Waals surface area contributed by atoms with E-state index in [9.17, 15) is 13.2 Å². The maximum atomic E-state index is 12.3. The minimum absolute atomic E-state index is 0.216. The summed E-state index contributed by atoms with van der Waals surface area (Å²) in [5.74, 6) is -0.304. The lowest BCUT2D eigenvalue weighted by atomic mass is 10.2. The quantitative estimate of drug-likeness (QED) is 0.646. The summed E-state index contributed by atoms with van der Waals surface area (Å²) >= 11 is 7.05. The van der Waals surface area contributed by atoms with E-state index in [2.05, 4.69) is 10.0 Å². The number of carbonyl (C=O) groups excluding carboxylic acids is 1. The van der Waals surface area contributed by atoms with Gasteiger partial charge in [-0.1, -0.05) is 35.9 Å². The van der Waals surface area contributed by atoms with E-state index in [1.54, 1.807) is 41.8 Å². The minimum atomic E-state index is -3.65. The van der Waals surface area contributed by atoms with Crippen molar-refractivity contribution in [2.45, 2.75) is 10.8 Å². The summed E-state index contributed by atoms with van der Waals surface area (Å²) in [6.45, 7) is 0.324. The van der Waals surface area contributed by atoms with Crippen molar-refractivity contribution >= 4 is 44.6 Å². The summed E-state index contributed by atoms with van der Waals surface area (Å²) in [4.78, 5) is 12.3. The molecule has 0 radical (unpaired) electrons. The molecule has 8 heteroatoms. The molecule has 0 fully saturated rings. The molecule has 2 N–H and O–H groups in total. The molecular formula is C18H15ClN2O3S2. The lowest BCUT2D eigenvalue weighted by molar-refractivity contribution is 0.0951. The molecule has 0 aliphatic carbocycles. The molecule has 26 heavy (non-hydrogen) atoms. The molecule has 1 heterocycles. The zero-order chi connectivity index (χ0) is 18.6. The van der Waals surface area contributed by atoms with Crippen LogP contribution in [0.4, 0.5) is 5.69 Å². The Kier molecular flexibility index (Phi) is 5.61. The van der Waals surface area contributed by atoms with E-state index in [4.69, 9.17) is 11.6 Å². The number of carbonyl (C=O) groups is 1. The second kappa shape index (κ2) is 7.90. The summed E-state index contributed by atoms with van der Waals surface area (Å²) in [5.41, 5.74) is 1.56. The van der Waals surface area contributed by atoms with Crippen LogP contribution in [0.1, 0.15) is 15.9 Å².